The number of aryl methyl sites for hydroxylation is 1. The molecular weight excluding hydrogens is 374 g/mol. The number of carbonyl (C=O) groups is 1. The maximum absolute atomic E-state index is 12.8. The summed E-state index contributed by atoms with van der Waals surface area (Å²) in [5, 5.41) is 12.6. The number of anilines is 1. The van der Waals surface area contributed by atoms with Crippen LogP contribution in [-0.2, 0) is 11.8 Å². The van der Waals surface area contributed by atoms with E-state index in [0.717, 1.165) is 42.7 Å². The first-order chi connectivity index (χ1) is 14.6. The van der Waals surface area contributed by atoms with E-state index in [1.165, 1.54) is 50.0 Å². The zero-order valence-electron chi connectivity index (χ0n) is 18.2. The van der Waals surface area contributed by atoms with Crippen molar-refractivity contribution >= 4 is 22.5 Å². The molecule has 1 aromatic carbocycles. The molecule has 1 aromatic heterocycles. The van der Waals surface area contributed by atoms with Crippen LogP contribution in [-0.4, -0.2) is 41.9 Å². The number of para-hydroxylation sites is 1. The quantitative estimate of drug-likeness (QED) is 0.801. The molecule has 1 amide bonds. The van der Waals surface area contributed by atoms with Crippen molar-refractivity contribution in [3.8, 4) is 0 Å². The number of hydrogen-bond donors (Lipinski definition) is 2. The molecule has 3 aliphatic heterocycles. The van der Waals surface area contributed by atoms with Crippen LogP contribution >= 0.6 is 0 Å². The van der Waals surface area contributed by atoms with Crippen LogP contribution in [0.5, 0.6) is 0 Å². The van der Waals surface area contributed by atoms with Crippen LogP contribution in [0.25, 0.3) is 10.9 Å². The Morgan fingerprint density at radius 1 is 1.17 bits per heavy atom. The topological polar surface area (TPSA) is 62.2 Å². The third-order valence-electron chi connectivity index (χ3n) is 7.68. The molecule has 3 fully saturated rings. The summed E-state index contributed by atoms with van der Waals surface area (Å²) in [5.41, 5.74) is 4.92. The second kappa shape index (κ2) is 7.73. The van der Waals surface area contributed by atoms with Gasteiger partial charge < -0.3 is 15.5 Å². The number of carbonyl (C=O) groups excluding carboxylic acids is 1. The fourth-order valence-electron chi connectivity index (χ4n) is 5.75. The van der Waals surface area contributed by atoms with Crippen LogP contribution in [0.4, 0.5) is 5.69 Å². The third kappa shape index (κ3) is 3.31. The van der Waals surface area contributed by atoms with Gasteiger partial charge in [-0.25, -0.2) is 0 Å². The maximum Gasteiger partial charge on any atom is 0.233 e. The molecule has 6 heteroatoms. The van der Waals surface area contributed by atoms with E-state index in [0.29, 0.717) is 5.41 Å². The summed E-state index contributed by atoms with van der Waals surface area (Å²) in [6.07, 6.45) is 8.88. The molecule has 1 unspecified atom stereocenters. The van der Waals surface area contributed by atoms with Gasteiger partial charge in [-0.2, -0.15) is 5.10 Å². The van der Waals surface area contributed by atoms with Crippen LogP contribution in [0.1, 0.15) is 57.1 Å². The van der Waals surface area contributed by atoms with Crippen molar-refractivity contribution in [2.75, 3.05) is 31.1 Å². The first-order valence-corrected chi connectivity index (χ1v) is 11.5. The Labute approximate surface area is 178 Å². The maximum atomic E-state index is 12.8. The van der Waals surface area contributed by atoms with Gasteiger partial charge >= 0.3 is 0 Å². The van der Waals surface area contributed by atoms with E-state index >= 15 is 0 Å². The lowest BCUT2D eigenvalue weighted by molar-refractivity contribution is -0.122. The number of piperidine rings is 3. The normalized spacial score (nSPS) is 25.8. The molecule has 2 N–H and O–H groups in total. The minimum Gasteiger partial charge on any atom is -0.370 e. The van der Waals surface area contributed by atoms with Gasteiger partial charge in [0.2, 0.25) is 5.91 Å². The second-order valence-electron chi connectivity index (χ2n) is 9.31. The zero-order chi connectivity index (χ0) is 20.7. The SMILES string of the molecule is CC=C1CCC(c2nn(C)c3c(N4CCC5(CCNCC5)CC4)cccc23)C(=O)N1. The molecule has 30 heavy (non-hydrogen) atoms. The van der Waals surface area contributed by atoms with Gasteiger partial charge in [0.15, 0.2) is 0 Å². The molecule has 0 bridgehead atoms. The minimum atomic E-state index is -0.174. The van der Waals surface area contributed by atoms with Crippen LogP contribution < -0.4 is 15.5 Å². The van der Waals surface area contributed by atoms with Crippen molar-refractivity contribution < 1.29 is 4.79 Å². The molecule has 3 saturated heterocycles. The van der Waals surface area contributed by atoms with E-state index in [4.69, 9.17) is 5.10 Å². The number of amides is 1. The molecule has 0 radical (unpaired) electrons. The van der Waals surface area contributed by atoms with Crippen LogP contribution in [0.2, 0.25) is 0 Å². The fraction of sp³-hybridized carbons (Fsp3) is 0.583. The third-order valence-corrected chi connectivity index (χ3v) is 7.68. The van der Waals surface area contributed by atoms with E-state index in [1.807, 2.05) is 24.7 Å². The monoisotopic (exact) mass is 407 g/mol. The van der Waals surface area contributed by atoms with E-state index in [-0.39, 0.29) is 11.8 Å². The molecule has 6 nitrogen and oxygen atoms in total. The summed E-state index contributed by atoms with van der Waals surface area (Å²) in [5.74, 6) is -0.0995. The number of allylic oxidation sites excluding steroid dienone is 2. The Bertz CT molecular complexity index is 975. The van der Waals surface area contributed by atoms with Crippen molar-refractivity contribution in [1.29, 1.82) is 0 Å². The van der Waals surface area contributed by atoms with Crippen molar-refractivity contribution in [1.82, 2.24) is 20.4 Å². The average molecular weight is 408 g/mol. The number of nitrogens with one attached hydrogen (secondary N) is 2. The molecule has 4 heterocycles. The highest BCUT2D eigenvalue weighted by atomic mass is 16.2. The molecule has 2 aromatic rings. The van der Waals surface area contributed by atoms with E-state index in [9.17, 15) is 4.79 Å². The lowest BCUT2D eigenvalue weighted by atomic mass is 9.71. The number of nitrogens with zero attached hydrogens (tertiary/aromatic N) is 3. The number of aromatic nitrogens is 2. The molecule has 0 aliphatic carbocycles. The van der Waals surface area contributed by atoms with Gasteiger partial charge in [0.05, 0.1) is 22.8 Å². The Kier molecular flexibility index (Phi) is 5.05. The van der Waals surface area contributed by atoms with Gasteiger partial charge in [0, 0.05) is 31.2 Å². The summed E-state index contributed by atoms with van der Waals surface area (Å²) >= 11 is 0. The van der Waals surface area contributed by atoms with Crippen LogP contribution in [0.15, 0.2) is 30.0 Å². The van der Waals surface area contributed by atoms with E-state index in [2.05, 4.69) is 33.7 Å². The molecule has 3 aliphatic rings. The lowest BCUT2D eigenvalue weighted by Crippen LogP contribution is -2.45. The first-order valence-electron chi connectivity index (χ1n) is 11.5. The summed E-state index contributed by atoms with van der Waals surface area (Å²) in [7, 11) is 2.02. The van der Waals surface area contributed by atoms with Gasteiger partial charge in [-0.1, -0.05) is 18.2 Å². The predicted octanol–water partition coefficient (Wildman–Crippen LogP) is 3.44. The Balaban J connectivity index is 1.43. The molecule has 1 atom stereocenters. The minimum absolute atomic E-state index is 0.0746. The second-order valence-corrected chi connectivity index (χ2v) is 9.31. The fourth-order valence-corrected chi connectivity index (χ4v) is 5.75. The van der Waals surface area contributed by atoms with E-state index < -0.39 is 0 Å². The summed E-state index contributed by atoms with van der Waals surface area (Å²) in [4.78, 5) is 15.3. The number of rotatable bonds is 2. The Morgan fingerprint density at radius 2 is 1.93 bits per heavy atom. The van der Waals surface area contributed by atoms with Crippen LogP contribution in [0, 0.1) is 5.41 Å². The van der Waals surface area contributed by atoms with Gasteiger partial charge in [-0.3, -0.25) is 9.48 Å². The van der Waals surface area contributed by atoms with Gasteiger partial charge in [-0.05, 0) is 70.0 Å². The van der Waals surface area contributed by atoms with Gasteiger partial charge in [0.1, 0.15) is 0 Å². The number of hydrogen-bond acceptors (Lipinski definition) is 4. The Hall–Kier alpha value is -2.34. The first kappa shape index (κ1) is 19.6. The highest BCUT2D eigenvalue weighted by Crippen LogP contribution is 2.42. The largest absolute Gasteiger partial charge is 0.370 e. The van der Waals surface area contributed by atoms with E-state index in [1.54, 1.807) is 0 Å². The number of benzene rings is 1. The molecule has 5 rings (SSSR count). The highest BCUT2D eigenvalue weighted by Gasteiger charge is 2.36. The number of fused-ring (bicyclic) bond motifs is 1. The molecule has 160 valence electrons. The summed E-state index contributed by atoms with van der Waals surface area (Å²) in [6, 6.07) is 6.50. The van der Waals surface area contributed by atoms with Gasteiger partial charge in [-0.15, -0.1) is 0 Å². The predicted molar refractivity (Wildman–Crippen MR) is 121 cm³/mol. The van der Waals surface area contributed by atoms with Crippen molar-refractivity contribution in [2.45, 2.75) is 51.4 Å². The highest BCUT2D eigenvalue weighted by molar-refractivity contribution is 5.97. The van der Waals surface area contributed by atoms with Gasteiger partial charge in [0.25, 0.3) is 0 Å². The standard InChI is InChI=1S/C24H33N5O/c1-3-17-7-8-19(23(30)26-17)21-18-5-4-6-20(22(18)28(2)27-21)29-15-11-24(12-16-29)9-13-25-14-10-24/h3-6,19,25H,7-16H2,1-2H3,(H,26,30). The van der Waals surface area contributed by atoms with Crippen molar-refractivity contribution in [3.63, 3.8) is 0 Å². The molecular formula is C24H33N5O. The molecule has 0 saturated carbocycles. The van der Waals surface area contributed by atoms with Crippen molar-refractivity contribution in [2.24, 2.45) is 12.5 Å². The smallest absolute Gasteiger partial charge is 0.233 e. The lowest BCUT2D eigenvalue weighted by Gasteiger charge is -2.45. The average Bonchev–Trinajstić information content (AvgIpc) is 3.11. The van der Waals surface area contributed by atoms with Crippen molar-refractivity contribution in [3.05, 3.63) is 35.7 Å². The Morgan fingerprint density at radius 3 is 2.63 bits per heavy atom. The summed E-state index contributed by atoms with van der Waals surface area (Å²) < 4.78 is 1.99. The van der Waals surface area contributed by atoms with Crippen LogP contribution in [0.3, 0.4) is 0 Å². The summed E-state index contributed by atoms with van der Waals surface area (Å²) in [6.45, 7) is 6.52. The zero-order valence-corrected chi connectivity index (χ0v) is 18.2. The molecule has 1 spiro atoms.